The quantitative estimate of drug-likeness (QED) is 0.872. The number of rotatable bonds is 3. The molecule has 0 amide bonds. The Morgan fingerprint density at radius 2 is 2.14 bits per heavy atom. The van der Waals surface area contributed by atoms with Crippen LogP contribution in [0.15, 0.2) is 30.3 Å². The van der Waals surface area contributed by atoms with Crippen LogP contribution >= 0.6 is 0 Å². The summed E-state index contributed by atoms with van der Waals surface area (Å²) in [6.07, 6.45) is 3.45. The summed E-state index contributed by atoms with van der Waals surface area (Å²) in [7, 11) is 2.07. The van der Waals surface area contributed by atoms with Crippen LogP contribution in [0.4, 0.5) is 0 Å². The van der Waals surface area contributed by atoms with E-state index in [1.807, 2.05) is 0 Å². The molecule has 22 heavy (non-hydrogen) atoms. The molecule has 0 bridgehead atoms. The summed E-state index contributed by atoms with van der Waals surface area (Å²) >= 11 is 0. The molecule has 0 N–H and O–H groups in total. The zero-order valence-electron chi connectivity index (χ0n) is 13.2. The van der Waals surface area contributed by atoms with E-state index in [0.717, 1.165) is 32.7 Å². The topological polar surface area (TPSA) is 30.3 Å². The van der Waals surface area contributed by atoms with Crippen LogP contribution < -0.4 is 0 Å². The van der Waals surface area contributed by atoms with Crippen LogP contribution in [-0.4, -0.2) is 27.8 Å². The van der Waals surface area contributed by atoms with Crippen molar-refractivity contribution in [3.63, 3.8) is 0 Å². The van der Waals surface area contributed by atoms with Crippen molar-refractivity contribution in [2.75, 3.05) is 13.2 Å². The van der Waals surface area contributed by atoms with E-state index in [1.165, 1.54) is 35.4 Å². The van der Waals surface area contributed by atoms with E-state index in [1.54, 1.807) is 0 Å². The fourth-order valence-electron chi connectivity index (χ4n) is 3.85. The van der Waals surface area contributed by atoms with Gasteiger partial charge in [-0.25, -0.2) is 0 Å². The first kappa shape index (κ1) is 14.0. The smallest absolute Gasteiger partial charge is 0.0854 e. The lowest BCUT2D eigenvalue weighted by Crippen LogP contribution is -2.24. The van der Waals surface area contributed by atoms with Gasteiger partial charge in [0.1, 0.15) is 0 Å². The maximum absolute atomic E-state index is 5.69. The first-order chi connectivity index (χ1) is 10.8. The molecule has 2 aliphatic rings. The second-order valence-electron chi connectivity index (χ2n) is 6.35. The predicted octanol–water partition coefficient (Wildman–Crippen LogP) is 2.83. The highest BCUT2D eigenvalue weighted by molar-refractivity contribution is 5.30. The van der Waals surface area contributed by atoms with Gasteiger partial charge in [-0.2, -0.15) is 5.10 Å². The van der Waals surface area contributed by atoms with Gasteiger partial charge in [0.2, 0.25) is 0 Å². The first-order valence-electron chi connectivity index (χ1n) is 8.23. The molecule has 3 heterocycles. The summed E-state index contributed by atoms with van der Waals surface area (Å²) in [4.78, 5) is 2.58. The number of ether oxygens (including phenoxy) is 1. The Balaban J connectivity index is 1.61. The molecule has 116 valence electrons. The molecule has 2 aromatic rings. The SMILES string of the molecule is Cn1nc(C2CCCN2Cc2ccccc2)c2c1CCOC2. The molecule has 0 saturated carbocycles. The van der Waals surface area contributed by atoms with E-state index in [9.17, 15) is 0 Å². The highest BCUT2D eigenvalue weighted by atomic mass is 16.5. The van der Waals surface area contributed by atoms with Gasteiger partial charge in [0.25, 0.3) is 0 Å². The number of benzene rings is 1. The number of fused-ring (bicyclic) bond motifs is 1. The third-order valence-electron chi connectivity index (χ3n) is 4.94. The van der Waals surface area contributed by atoms with Gasteiger partial charge in [0, 0.05) is 31.3 Å². The van der Waals surface area contributed by atoms with Crippen molar-refractivity contribution in [1.82, 2.24) is 14.7 Å². The predicted molar refractivity (Wildman–Crippen MR) is 85.4 cm³/mol. The summed E-state index contributed by atoms with van der Waals surface area (Å²) in [5.74, 6) is 0. The van der Waals surface area contributed by atoms with Crippen LogP contribution in [0.25, 0.3) is 0 Å². The summed E-state index contributed by atoms with van der Waals surface area (Å²) in [5.41, 5.74) is 5.35. The Morgan fingerprint density at radius 1 is 1.27 bits per heavy atom. The summed E-state index contributed by atoms with van der Waals surface area (Å²) in [6.45, 7) is 3.72. The number of nitrogens with zero attached hydrogens (tertiary/aromatic N) is 3. The second kappa shape index (κ2) is 5.86. The number of aryl methyl sites for hydroxylation is 1. The Hall–Kier alpha value is -1.65. The lowest BCUT2D eigenvalue weighted by Gasteiger charge is -2.24. The highest BCUT2D eigenvalue weighted by Gasteiger charge is 2.32. The van der Waals surface area contributed by atoms with E-state index >= 15 is 0 Å². The first-order valence-corrected chi connectivity index (χ1v) is 8.23. The zero-order chi connectivity index (χ0) is 14.9. The van der Waals surface area contributed by atoms with Gasteiger partial charge in [-0.15, -0.1) is 0 Å². The van der Waals surface area contributed by atoms with Crippen molar-refractivity contribution < 1.29 is 4.74 Å². The largest absolute Gasteiger partial charge is 0.376 e. The summed E-state index contributed by atoms with van der Waals surface area (Å²) < 4.78 is 7.77. The average Bonchev–Trinajstić information content (AvgIpc) is 3.13. The minimum Gasteiger partial charge on any atom is -0.376 e. The minimum absolute atomic E-state index is 0.442. The molecule has 4 rings (SSSR count). The molecule has 4 nitrogen and oxygen atoms in total. The maximum atomic E-state index is 5.69. The van der Waals surface area contributed by atoms with Gasteiger partial charge in [-0.1, -0.05) is 30.3 Å². The number of hydrogen-bond donors (Lipinski definition) is 0. The van der Waals surface area contributed by atoms with Crippen molar-refractivity contribution in [3.8, 4) is 0 Å². The Labute approximate surface area is 131 Å². The zero-order valence-corrected chi connectivity index (χ0v) is 13.2. The molecule has 2 aliphatic heterocycles. The van der Waals surface area contributed by atoms with E-state index in [2.05, 4.69) is 47.0 Å². The molecule has 0 aliphatic carbocycles. The number of aromatic nitrogens is 2. The molecule has 1 aromatic carbocycles. The van der Waals surface area contributed by atoms with Crippen LogP contribution in [0.1, 0.15) is 41.4 Å². The third kappa shape index (κ3) is 2.46. The Bertz CT molecular complexity index is 650. The van der Waals surface area contributed by atoms with Gasteiger partial charge in [0.15, 0.2) is 0 Å². The van der Waals surface area contributed by atoms with Gasteiger partial charge < -0.3 is 4.74 Å². The molecule has 1 atom stereocenters. The number of hydrogen-bond acceptors (Lipinski definition) is 3. The van der Waals surface area contributed by atoms with Crippen LogP contribution in [0.5, 0.6) is 0 Å². The fourth-order valence-corrected chi connectivity index (χ4v) is 3.85. The van der Waals surface area contributed by atoms with E-state index in [-0.39, 0.29) is 0 Å². The lowest BCUT2D eigenvalue weighted by atomic mass is 10.0. The van der Waals surface area contributed by atoms with Crippen LogP contribution in [-0.2, 0) is 31.4 Å². The standard InChI is InChI=1S/C18H23N3O/c1-20-16-9-11-22-13-15(16)18(19-20)17-8-5-10-21(17)12-14-6-3-2-4-7-14/h2-4,6-7,17H,5,8-13H2,1H3. The van der Waals surface area contributed by atoms with Crippen LogP contribution in [0.2, 0.25) is 0 Å². The lowest BCUT2D eigenvalue weighted by molar-refractivity contribution is 0.107. The van der Waals surface area contributed by atoms with E-state index in [4.69, 9.17) is 9.84 Å². The minimum atomic E-state index is 0.442. The molecule has 0 spiro atoms. The van der Waals surface area contributed by atoms with Crippen molar-refractivity contribution in [2.45, 2.75) is 38.5 Å². The fraction of sp³-hybridized carbons (Fsp3) is 0.500. The summed E-state index contributed by atoms with van der Waals surface area (Å²) in [6, 6.07) is 11.2. The molecule has 1 fully saturated rings. The van der Waals surface area contributed by atoms with Crippen LogP contribution in [0, 0.1) is 0 Å². The second-order valence-corrected chi connectivity index (χ2v) is 6.35. The van der Waals surface area contributed by atoms with Gasteiger partial charge in [0.05, 0.1) is 24.9 Å². The monoisotopic (exact) mass is 297 g/mol. The molecule has 1 unspecified atom stereocenters. The highest BCUT2D eigenvalue weighted by Crippen LogP contribution is 2.36. The summed E-state index contributed by atoms with van der Waals surface area (Å²) in [5, 5.41) is 4.86. The Morgan fingerprint density at radius 3 is 3.00 bits per heavy atom. The van der Waals surface area contributed by atoms with E-state index < -0.39 is 0 Å². The van der Waals surface area contributed by atoms with Crippen molar-refractivity contribution in [1.29, 1.82) is 0 Å². The average molecular weight is 297 g/mol. The van der Waals surface area contributed by atoms with Gasteiger partial charge in [-0.3, -0.25) is 9.58 Å². The normalized spacial score (nSPS) is 22.0. The third-order valence-corrected chi connectivity index (χ3v) is 4.94. The maximum Gasteiger partial charge on any atom is 0.0854 e. The molecule has 4 heteroatoms. The van der Waals surface area contributed by atoms with Crippen molar-refractivity contribution in [2.24, 2.45) is 7.05 Å². The van der Waals surface area contributed by atoms with E-state index in [0.29, 0.717) is 6.04 Å². The molecular weight excluding hydrogens is 274 g/mol. The Kier molecular flexibility index (Phi) is 3.72. The molecular formula is C18H23N3O. The molecule has 0 radical (unpaired) electrons. The van der Waals surface area contributed by atoms with Gasteiger partial charge in [-0.05, 0) is 24.9 Å². The molecule has 1 saturated heterocycles. The van der Waals surface area contributed by atoms with Gasteiger partial charge >= 0.3 is 0 Å². The van der Waals surface area contributed by atoms with Crippen molar-refractivity contribution >= 4 is 0 Å². The van der Waals surface area contributed by atoms with Crippen LogP contribution in [0.3, 0.4) is 0 Å². The number of likely N-dealkylation sites (tertiary alicyclic amines) is 1. The molecule has 1 aromatic heterocycles. The van der Waals surface area contributed by atoms with Crippen molar-refractivity contribution in [3.05, 3.63) is 52.8 Å².